The van der Waals surface area contributed by atoms with Crippen molar-refractivity contribution in [1.29, 1.82) is 0 Å². The molecule has 1 saturated heterocycles. The zero-order chi connectivity index (χ0) is 22.5. The smallest absolute Gasteiger partial charge is 0.336 e. The number of nitrogens with zero attached hydrogens (tertiary/aromatic N) is 2. The van der Waals surface area contributed by atoms with E-state index in [-0.39, 0.29) is 11.5 Å². The molecule has 4 rings (SSSR count). The van der Waals surface area contributed by atoms with Gasteiger partial charge < -0.3 is 9.73 Å². The van der Waals surface area contributed by atoms with Crippen molar-refractivity contribution < 1.29 is 9.21 Å². The van der Waals surface area contributed by atoms with Gasteiger partial charge in [0, 0.05) is 50.7 Å². The zero-order valence-electron chi connectivity index (χ0n) is 18.9. The van der Waals surface area contributed by atoms with E-state index in [0.29, 0.717) is 25.2 Å². The van der Waals surface area contributed by atoms with Crippen LogP contribution in [-0.2, 0) is 24.3 Å². The number of rotatable bonds is 7. The van der Waals surface area contributed by atoms with Gasteiger partial charge in [0.1, 0.15) is 5.58 Å². The molecule has 32 heavy (non-hydrogen) atoms. The van der Waals surface area contributed by atoms with Crippen molar-refractivity contribution in [1.82, 2.24) is 15.1 Å². The van der Waals surface area contributed by atoms with Crippen LogP contribution >= 0.6 is 0 Å². The first kappa shape index (κ1) is 22.2. The molecule has 2 aromatic carbocycles. The SMILES string of the molecule is CCc1ccc2oc(=O)cc(CN3CCN(CC(=O)NCc4ccc(C)cc4)CC3)c2c1. The van der Waals surface area contributed by atoms with Gasteiger partial charge in [0.15, 0.2) is 0 Å². The molecule has 0 bridgehead atoms. The maximum atomic E-state index is 12.4. The van der Waals surface area contributed by atoms with Crippen molar-refractivity contribution >= 4 is 16.9 Å². The minimum atomic E-state index is -0.305. The van der Waals surface area contributed by atoms with Crippen LogP contribution in [0.25, 0.3) is 11.0 Å². The molecule has 1 fully saturated rings. The Morgan fingerprint density at radius 3 is 2.38 bits per heavy atom. The first-order valence-corrected chi connectivity index (χ1v) is 11.3. The molecule has 0 spiro atoms. The third-order valence-electron chi connectivity index (χ3n) is 6.14. The lowest BCUT2D eigenvalue weighted by Crippen LogP contribution is -2.49. The van der Waals surface area contributed by atoms with Crippen LogP contribution < -0.4 is 10.9 Å². The fourth-order valence-electron chi connectivity index (χ4n) is 4.14. The summed E-state index contributed by atoms with van der Waals surface area (Å²) in [5.74, 6) is 0.0535. The number of hydrogen-bond donors (Lipinski definition) is 1. The number of carbonyl (C=O) groups is 1. The predicted molar refractivity (Wildman–Crippen MR) is 127 cm³/mol. The average molecular weight is 434 g/mol. The summed E-state index contributed by atoms with van der Waals surface area (Å²) in [7, 11) is 0. The molecule has 0 saturated carbocycles. The minimum absolute atomic E-state index is 0.0535. The summed E-state index contributed by atoms with van der Waals surface area (Å²) in [5, 5.41) is 4.03. The summed E-state index contributed by atoms with van der Waals surface area (Å²) in [4.78, 5) is 28.9. The summed E-state index contributed by atoms with van der Waals surface area (Å²) >= 11 is 0. The molecule has 1 aliphatic heterocycles. The molecule has 1 amide bonds. The van der Waals surface area contributed by atoms with Gasteiger partial charge in [0.25, 0.3) is 0 Å². The van der Waals surface area contributed by atoms with Crippen LogP contribution in [0.3, 0.4) is 0 Å². The second kappa shape index (κ2) is 10.1. The van der Waals surface area contributed by atoms with Gasteiger partial charge in [0.2, 0.25) is 5.91 Å². The van der Waals surface area contributed by atoms with Crippen LogP contribution in [0.5, 0.6) is 0 Å². The molecule has 6 heteroatoms. The van der Waals surface area contributed by atoms with Crippen molar-refractivity contribution in [3.8, 4) is 0 Å². The maximum Gasteiger partial charge on any atom is 0.336 e. The van der Waals surface area contributed by atoms with Crippen molar-refractivity contribution in [2.45, 2.75) is 33.4 Å². The van der Waals surface area contributed by atoms with E-state index in [1.54, 1.807) is 6.07 Å². The van der Waals surface area contributed by atoms with Gasteiger partial charge >= 0.3 is 5.63 Å². The lowest BCUT2D eigenvalue weighted by molar-refractivity contribution is -0.122. The van der Waals surface area contributed by atoms with E-state index < -0.39 is 0 Å². The summed E-state index contributed by atoms with van der Waals surface area (Å²) in [6.07, 6.45) is 0.944. The molecule has 1 aromatic heterocycles. The van der Waals surface area contributed by atoms with Crippen molar-refractivity contribution in [3.63, 3.8) is 0 Å². The van der Waals surface area contributed by atoms with Gasteiger partial charge in [-0.1, -0.05) is 42.8 Å². The van der Waals surface area contributed by atoms with Gasteiger partial charge in [-0.2, -0.15) is 0 Å². The molecule has 0 atom stereocenters. The fraction of sp³-hybridized carbons (Fsp3) is 0.385. The van der Waals surface area contributed by atoms with Crippen LogP contribution in [0.15, 0.2) is 57.7 Å². The highest BCUT2D eigenvalue weighted by Crippen LogP contribution is 2.21. The Hall–Kier alpha value is -2.96. The molecule has 1 aliphatic rings. The zero-order valence-corrected chi connectivity index (χ0v) is 18.9. The Kier molecular flexibility index (Phi) is 7.02. The Balaban J connectivity index is 1.30. The highest BCUT2D eigenvalue weighted by atomic mass is 16.4. The molecule has 3 aromatic rings. The number of piperazine rings is 1. The number of fused-ring (bicyclic) bond motifs is 1. The van der Waals surface area contributed by atoms with E-state index in [9.17, 15) is 9.59 Å². The highest BCUT2D eigenvalue weighted by molar-refractivity contribution is 5.81. The average Bonchev–Trinajstić information content (AvgIpc) is 2.79. The summed E-state index contributed by atoms with van der Waals surface area (Å²) in [5.41, 5.74) is 4.91. The quantitative estimate of drug-likeness (QED) is 0.580. The fourth-order valence-corrected chi connectivity index (χ4v) is 4.14. The standard InChI is InChI=1S/C26H31N3O3/c1-3-20-8-9-24-23(14-20)22(15-26(31)32-24)17-28-10-12-29(13-11-28)18-25(30)27-16-21-6-4-19(2)5-7-21/h4-9,14-15H,3,10-13,16-18H2,1-2H3,(H,27,30). The van der Waals surface area contributed by atoms with Crippen molar-refractivity contribution in [2.24, 2.45) is 0 Å². The molecular weight excluding hydrogens is 402 g/mol. The number of hydrogen-bond acceptors (Lipinski definition) is 5. The first-order chi connectivity index (χ1) is 15.5. The summed E-state index contributed by atoms with van der Waals surface area (Å²) in [6, 6.07) is 15.9. The largest absolute Gasteiger partial charge is 0.423 e. The second-order valence-electron chi connectivity index (χ2n) is 8.59. The van der Waals surface area contributed by atoms with Crippen molar-refractivity contribution in [3.05, 3.63) is 81.2 Å². The third-order valence-corrected chi connectivity index (χ3v) is 6.14. The Morgan fingerprint density at radius 2 is 1.66 bits per heavy atom. The van der Waals surface area contributed by atoms with E-state index in [0.717, 1.165) is 49.1 Å². The molecular formula is C26H31N3O3. The monoisotopic (exact) mass is 433 g/mol. The Morgan fingerprint density at radius 1 is 0.969 bits per heavy atom. The molecule has 0 unspecified atom stereocenters. The number of amides is 1. The van der Waals surface area contributed by atoms with E-state index in [4.69, 9.17) is 4.42 Å². The molecule has 0 aliphatic carbocycles. The number of aryl methyl sites for hydroxylation is 2. The topological polar surface area (TPSA) is 65.8 Å². The Labute approximate surface area is 188 Å². The molecule has 1 N–H and O–H groups in total. The van der Waals surface area contributed by atoms with E-state index >= 15 is 0 Å². The predicted octanol–water partition coefficient (Wildman–Crippen LogP) is 3.10. The highest BCUT2D eigenvalue weighted by Gasteiger charge is 2.20. The van der Waals surface area contributed by atoms with Crippen LogP contribution in [0.1, 0.15) is 29.2 Å². The van der Waals surface area contributed by atoms with Crippen LogP contribution in [0, 0.1) is 6.92 Å². The third kappa shape index (κ3) is 5.64. The van der Waals surface area contributed by atoms with E-state index in [2.05, 4.69) is 47.2 Å². The van der Waals surface area contributed by atoms with Crippen LogP contribution in [-0.4, -0.2) is 48.4 Å². The summed E-state index contributed by atoms with van der Waals surface area (Å²) in [6.45, 7) is 9.24. The van der Waals surface area contributed by atoms with Gasteiger partial charge in [-0.15, -0.1) is 0 Å². The molecule has 2 heterocycles. The van der Waals surface area contributed by atoms with E-state index in [1.165, 1.54) is 11.1 Å². The number of carbonyl (C=O) groups excluding carboxylic acids is 1. The van der Waals surface area contributed by atoms with E-state index in [1.807, 2.05) is 24.3 Å². The van der Waals surface area contributed by atoms with Gasteiger partial charge in [-0.3, -0.25) is 14.6 Å². The number of benzene rings is 2. The summed E-state index contributed by atoms with van der Waals surface area (Å²) < 4.78 is 5.39. The van der Waals surface area contributed by atoms with Gasteiger partial charge in [-0.05, 0) is 42.2 Å². The Bertz CT molecular complexity index is 1130. The van der Waals surface area contributed by atoms with Crippen molar-refractivity contribution in [2.75, 3.05) is 32.7 Å². The van der Waals surface area contributed by atoms with Crippen LogP contribution in [0.2, 0.25) is 0 Å². The minimum Gasteiger partial charge on any atom is -0.423 e. The van der Waals surface area contributed by atoms with Gasteiger partial charge in [0.05, 0.1) is 6.54 Å². The second-order valence-corrected chi connectivity index (χ2v) is 8.59. The molecule has 6 nitrogen and oxygen atoms in total. The lowest BCUT2D eigenvalue weighted by atomic mass is 10.0. The first-order valence-electron chi connectivity index (χ1n) is 11.3. The molecule has 0 radical (unpaired) electrons. The normalized spacial score (nSPS) is 15.2. The van der Waals surface area contributed by atoms with Gasteiger partial charge in [-0.25, -0.2) is 4.79 Å². The number of nitrogens with one attached hydrogen (secondary N) is 1. The molecule has 168 valence electrons. The lowest BCUT2D eigenvalue weighted by Gasteiger charge is -2.34. The van der Waals surface area contributed by atoms with Crippen LogP contribution in [0.4, 0.5) is 0 Å². The maximum absolute atomic E-state index is 12.4.